The lowest BCUT2D eigenvalue weighted by Gasteiger charge is -2.33. The fourth-order valence-corrected chi connectivity index (χ4v) is 3.32. The van der Waals surface area contributed by atoms with Gasteiger partial charge in [-0.05, 0) is 49.1 Å². The standard InChI is InChI=1S/C20H22FNO2/c21-18-9-7-16(8-10-18)19(23)22-15-20(11-4-13-24-14-12-20)17-5-2-1-3-6-17/h1-3,5-10H,4,11-15H2,(H,22,23)/t20-/m1/s1. The molecule has 0 radical (unpaired) electrons. The largest absolute Gasteiger partial charge is 0.381 e. The second kappa shape index (κ2) is 7.58. The predicted molar refractivity (Wildman–Crippen MR) is 91.5 cm³/mol. The third-order valence-corrected chi connectivity index (χ3v) is 4.75. The summed E-state index contributed by atoms with van der Waals surface area (Å²) in [5, 5.41) is 3.04. The third-order valence-electron chi connectivity index (χ3n) is 4.75. The van der Waals surface area contributed by atoms with Gasteiger partial charge in [0.25, 0.3) is 5.91 Å². The van der Waals surface area contributed by atoms with Gasteiger partial charge in [0.15, 0.2) is 0 Å². The molecule has 0 spiro atoms. The minimum atomic E-state index is -0.340. The van der Waals surface area contributed by atoms with E-state index in [0.717, 1.165) is 25.9 Å². The van der Waals surface area contributed by atoms with Crippen molar-refractivity contribution < 1.29 is 13.9 Å². The van der Waals surface area contributed by atoms with E-state index in [1.54, 1.807) is 0 Å². The van der Waals surface area contributed by atoms with E-state index in [-0.39, 0.29) is 17.1 Å². The number of nitrogens with one attached hydrogen (secondary N) is 1. The van der Waals surface area contributed by atoms with Gasteiger partial charge in [-0.15, -0.1) is 0 Å². The van der Waals surface area contributed by atoms with Gasteiger partial charge in [-0.3, -0.25) is 4.79 Å². The maximum atomic E-state index is 13.0. The highest BCUT2D eigenvalue weighted by Gasteiger charge is 2.33. The molecule has 1 heterocycles. The number of halogens is 1. The minimum absolute atomic E-state index is 0.118. The average molecular weight is 327 g/mol. The molecule has 4 heteroatoms. The number of rotatable bonds is 4. The lowest BCUT2D eigenvalue weighted by atomic mass is 9.74. The van der Waals surface area contributed by atoms with Gasteiger partial charge in [-0.2, -0.15) is 0 Å². The van der Waals surface area contributed by atoms with Gasteiger partial charge >= 0.3 is 0 Å². The molecule has 1 amide bonds. The zero-order chi connectivity index (χ0) is 16.8. The smallest absolute Gasteiger partial charge is 0.251 e. The Hall–Kier alpha value is -2.20. The van der Waals surface area contributed by atoms with Crippen LogP contribution in [0, 0.1) is 5.82 Å². The van der Waals surface area contributed by atoms with E-state index >= 15 is 0 Å². The summed E-state index contributed by atoms with van der Waals surface area (Å²) < 4.78 is 18.6. The second-order valence-electron chi connectivity index (χ2n) is 6.30. The first-order valence-corrected chi connectivity index (χ1v) is 8.37. The van der Waals surface area contributed by atoms with Crippen LogP contribution in [0.5, 0.6) is 0 Å². The van der Waals surface area contributed by atoms with Crippen molar-refractivity contribution in [3.05, 3.63) is 71.5 Å². The third kappa shape index (κ3) is 3.82. The number of amides is 1. The first-order valence-electron chi connectivity index (χ1n) is 8.37. The van der Waals surface area contributed by atoms with Crippen LogP contribution in [0.1, 0.15) is 35.2 Å². The normalized spacial score (nSPS) is 21.0. The van der Waals surface area contributed by atoms with Crippen molar-refractivity contribution in [2.75, 3.05) is 19.8 Å². The van der Waals surface area contributed by atoms with Gasteiger partial charge < -0.3 is 10.1 Å². The zero-order valence-electron chi connectivity index (χ0n) is 13.6. The van der Waals surface area contributed by atoms with Gasteiger partial charge in [0.05, 0.1) is 0 Å². The number of carbonyl (C=O) groups is 1. The molecule has 0 aromatic heterocycles. The molecule has 1 aliphatic rings. The number of hydrogen-bond donors (Lipinski definition) is 1. The summed E-state index contributed by atoms with van der Waals surface area (Å²) in [6.45, 7) is 2.01. The minimum Gasteiger partial charge on any atom is -0.381 e. The Morgan fingerprint density at radius 2 is 1.79 bits per heavy atom. The molecule has 3 nitrogen and oxygen atoms in total. The van der Waals surface area contributed by atoms with Crippen molar-refractivity contribution in [3.63, 3.8) is 0 Å². The molecule has 3 rings (SSSR count). The molecule has 24 heavy (non-hydrogen) atoms. The van der Waals surface area contributed by atoms with Crippen LogP contribution in [0.3, 0.4) is 0 Å². The van der Waals surface area contributed by atoms with Crippen molar-refractivity contribution in [2.24, 2.45) is 0 Å². The van der Waals surface area contributed by atoms with E-state index in [1.807, 2.05) is 18.2 Å². The van der Waals surface area contributed by atoms with E-state index in [2.05, 4.69) is 17.4 Å². The van der Waals surface area contributed by atoms with Crippen molar-refractivity contribution >= 4 is 5.91 Å². The van der Waals surface area contributed by atoms with E-state index in [9.17, 15) is 9.18 Å². The summed E-state index contributed by atoms with van der Waals surface area (Å²) in [5.74, 6) is -0.510. The van der Waals surface area contributed by atoms with Crippen LogP contribution in [-0.2, 0) is 10.2 Å². The van der Waals surface area contributed by atoms with Crippen molar-refractivity contribution in [3.8, 4) is 0 Å². The SMILES string of the molecule is O=C(NC[C@@]1(c2ccccc2)CCCOCC1)c1ccc(F)cc1. The number of carbonyl (C=O) groups excluding carboxylic acids is 1. The highest BCUT2D eigenvalue weighted by Crippen LogP contribution is 2.34. The van der Waals surface area contributed by atoms with Crippen LogP contribution in [-0.4, -0.2) is 25.7 Å². The zero-order valence-corrected chi connectivity index (χ0v) is 13.6. The number of ether oxygens (including phenoxy) is 1. The summed E-state index contributed by atoms with van der Waals surface area (Å²) in [7, 11) is 0. The van der Waals surface area contributed by atoms with E-state index in [4.69, 9.17) is 4.74 Å². The number of hydrogen-bond acceptors (Lipinski definition) is 2. The summed E-state index contributed by atoms with van der Waals surface area (Å²) in [6.07, 6.45) is 2.82. The molecule has 1 aliphatic heterocycles. The Labute approximate surface area is 141 Å². The Morgan fingerprint density at radius 3 is 2.54 bits per heavy atom. The molecular formula is C20H22FNO2. The number of benzene rings is 2. The van der Waals surface area contributed by atoms with Crippen LogP contribution in [0.25, 0.3) is 0 Å². The molecular weight excluding hydrogens is 305 g/mol. The van der Waals surface area contributed by atoms with Crippen molar-refractivity contribution in [1.29, 1.82) is 0 Å². The fraction of sp³-hybridized carbons (Fsp3) is 0.350. The molecule has 0 aliphatic carbocycles. The quantitative estimate of drug-likeness (QED) is 0.930. The molecule has 0 unspecified atom stereocenters. The molecule has 2 aromatic rings. The molecule has 0 bridgehead atoms. The first kappa shape index (κ1) is 16.7. The first-order chi connectivity index (χ1) is 11.7. The van der Waals surface area contributed by atoms with Gasteiger partial charge in [-0.1, -0.05) is 30.3 Å². The fourth-order valence-electron chi connectivity index (χ4n) is 3.32. The molecule has 0 saturated carbocycles. The molecule has 1 saturated heterocycles. The summed E-state index contributed by atoms with van der Waals surface area (Å²) in [4.78, 5) is 12.4. The Morgan fingerprint density at radius 1 is 1.04 bits per heavy atom. The van der Waals surface area contributed by atoms with Crippen LogP contribution in [0.15, 0.2) is 54.6 Å². The monoisotopic (exact) mass is 327 g/mol. The topological polar surface area (TPSA) is 38.3 Å². The Balaban J connectivity index is 1.77. The molecule has 126 valence electrons. The van der Waals surface area contributed by atoms with E-state index in [1.165, 1.54) is 29.8 Å². The highest BCUT2D eigenvalue weighted by atomic mass is 19.1. The lowest BCUT2D eigenvalue weighted by Crippen LogP contribution is -2.41. The summed E-state index contributed by atoms with van der Waals surface area (Å²) >= 11 is 0. The van der Waals surface area contributed by atoms with Crippen molar-refractivity contribution in [1.82, 2.24) is 5.32 Å². The van der Waals surface area contributed by atoms with E-state index < -0.39 is 0 Å². The van der Waals surface area contributed by atoms with Crippen LogP contribution < -0.4 is 5.32 Å². The lowest BCUT2D eigenvalue weighted by molar-refractivity contribution is 0.0937. The van der Waals surface area contributed by atoms with Crippen molar-refractivity contribution in [2.45, 2.75) is 24.7 Å². The van der Waals surface area contributed by atoms with Gasteiger partial charge in [0.1, 0.15) is 5.82 Å². The Kier molecular flexibility index (Phi) is 5.26. The molecule has 1 atom stereocenters. The maximum absolute atomic E-state index is 13.0. The van der Waals surface area contributed by atoms with E-state index in [0.29, 0.717) is 18.7 Å². The van der Waals surface area contributed by atoms with Gasteiger partial charge in [0, 0.05) is 30.7 Å². The second-order valence-corrected chi connectivity index (χ2v) is 6.30. The summed E-state index contributed by atoms with van der Waals surface area (Å²) in [5.41, 5.74) is 1.59. The van der Waals surface area contributed by atoms with Gasteiger partial charge in [-0.25, -0.2) is 4.39 Å². The molecule has 1 N–H and O–H groups in total. The summed E-state index contributed by atoms with van der Waals surface area (Å²) in [6, 6.07) is 15.9. The molecule has 2 aromatic carbocycles. The van der Waals surface area contributed by atoms with Crippen LogP contribution >= 0.6 is 0 Å². The maximum Gasteiger partial charge on any atom is 0.251 e. The van der Waals surface area contributed by atoms with Crippen LogP contribution in [0.2, 0.25) is 0 Å². The van der Waals surface area contributed by atoms with Gasteiger partial charge in [0.2, 0.25) is 0 Å². The molecule has 1 fully saturated rings. The predicted octanol–water partition coefficient (Wildman–Crippen LogP) is 3.69. The Bertz CT molecular complexity index is 662. The van der Waals surface area contributed by atoms with Crippen LogP contribution in [0.4, 0.5) is 4.39 Å². The average Bonchev–Trinajstić information content (AvgIpc) is 2.88. The highest BCUT2D eigenvalue weighted by molar-refractivity contribution is 5.94.